The van der Waals surface area contributed by atoms with E-state index in [4.69, 9.17) is 10.7 Å². The van der Waals surface area contributed by atoms with E-state index in [2.05, 4.69) is 23.4 Å². The molecule has 0 aliphatic rings. The number of para-hydroxylation sites is 1. The number of aryl methyl sites for hydroxylation is 2. The second-order valence-electron chi connectivity index (χ2n) is 4.53. The smallest absolute Gasteiger partial charge is 0.172 e. The van der Waals surface area contributed by atoms with Gasteiger partial charge in [-0.15, -0.1) is 11.3 Å². The minimum absolute atomic E-state index is 0.555. The zero-order valence-electron chi connectivity index (χ0n) is 11.0. The summed E-state index contributed by atoms with van der Waals surface area (Å²) in [7, 11) is 0. The molecule has 2 N–H and O–H groups in total. The van der Waals surface area contributed by atoms with Gasteiger partial charge in [0.05, 0.1) is 10.4 Å². The Bertz CT molecular complexity index is 746. The van der Waals surface area contributed by atoms with Crippen molar-refractivity contribution < 1.29 is 0 Å². The molecule has 2 aromatic heterocycles. The minimum Gasteiger partial charge on any atom is -0.383 e. The van der Waals surface area contributed by atoms with E-state index < -0.39 is 0 Å². The highest BCUT2D eigenvalue weighted by molar-refractivity contribution is 7.13. The van der Waals surface area contributed by atoms with E-state index in [9.17, 15) is 0 Å². The fraction of sp³-hybridized carbons (Fsp3) is 0.200. The first kappa shape index (κ1) is 12.1. The van der Waals surface area contributed by atoms with Crippen LogP contribution in [0.4, 0.5) is 5.82 Å². The Morgan fingerprint density at radius 3 is 2.84 bits per heavy atom. The fourth-order valence-corrected chi connectivity index (χ4v) is 3.16. The molecule has 0 aliphatic carbocycles. The van der Waals surface area contributed by atoms with Crippen LogP contribution in [0.25, 0.3) is 21.6 Å². The highest BCUT2D eigenvalue weighted by Crippen LogP contribution is 2.30. The summed E-state index contributed by atoms with van der Waals surface area (Å²) in [6.45, 7) is 4.19. The summed E-state index contributed by atoms with van der Waals surface area (Å²) in [6.07, 6.45) is 0.980. The summed E-state index contributed by atoms with van der Waals surface area (Å²) < 4.78 is 0. The molecule has 3 rings (SSSR count). The summed E-state index contributed by atoms with van der Waals surface area (Å²) in [5.74, 6) is 1.30. The lowest BCUT2D eigenvalue weighted by molar-refractivity contribution is 1.14. The normalized spacial score (nSPS) is 11.1. The molecule has 0 spiro atoms. The number of hydrogen-bond acceptors (Lipinski definition) is 4. The van der Waals surface area contributed by atoms with Gasteiger partial charge in [0.25, 0.3) is 0 Å². The van der Waals surface area contributed by atoms with Crippen molar-refractivity contribution in [2.45, 2.75) is 20.3 Å². The Morgan fingerprint density at radius 1 is 1.21 bits per heavy atom. The first-order valence-electron chi connectivity index (χ1n) is 6.30. The highest BCUT2D eigenvalue weighted by Gasteiger charge is 2.12. The molecule has 0 fully saturated rings. The standard InChI is InChI=1S/C15H15N3S/c1-3-10-7-8-19-13(10)15-17-12-9(2)5-4-6-11(12)14(16)18-15/h4-8H,3H2,1-2H3,(H2,16,17,18). The Morgan fingerprint density at radius 2 is 2.05 bits per heavy atom. The Hall–Kier alpha value is -1.94. The average molecular weight is 269 g/mol. The second kappa shape index (κ2) is 4.63. The molecule has 1 aromatic carbocycles. The van der Waals surface area contributed by atoms with Gasteiger partial charge in [0.2, 0.25) is 0 Å². The molecular formula is C15H15N3S. The number of anilines is 1. The average Bonchev–Trinajstić information content (AvgIpc) is 2.88. The zero-order chi connectivity index (χ0) is 13.4. The van der Waals surface area contributed by atoms with E-state index in [0.29, 0.717) is 5.82 Å². The number of fused-ring (bicyclic) bond motifs is 1. The number of nitrogen functional groups attached to an aromatic ring is 1. The van der Waals surface area contributed by atoms with Crippen LogP contribution >= 0.6 is 11.3 Å². The van der Waals surface area contributed by atoms with E-state index in [1.807, 2.05) is 25.1 Å². The van der Waals surface area contributed by atoms with Crippen molar-refractivity contribution in [1.82, 2.24) is 9.97 Å². The second-order valence-corrected chi connectivity index (χ2v) is 5.45. The molecule has 0 atom stereocenters. The maximum atomic E-state index is 6.08. The number of nitrogens with two attached hydrogens (primary N) is 1. The van der Waals surface area contributed by atoms with Crippen LogP contribution in [0.2, 0.25) is 0 Å². The van der Waals surface area contributed by atoms with Gasteiger partial charge < -0.3 is 5.73 Å². The lowest BCUT2D eigenvalue weighted by Gasteiger charge is -2.07. The number of aromatic nitrogens is 2. The highest BCUT2D eigenvalue weighted by atomic mass is 32.1. The molecular weight excluding hydrogens is 254 g/mol. The zero-order valence-corrected chi connectivity index (χ0v) is 11.8. The molecule has 0 bridgehead atoms. The van der Waals surface area contributed by atoms with Gasteiger partial charge in [-0.05, 0) is 42.0 Å². The number of hydrogen-bond donors (Lipinski definition) is 1. The number of thiophene rings is 1. The molecule has 0 saturated heterocycles. The van der Waals surface area contributed by atoms with Gasteiger partial charge in [0.1, 0.15) is 5.82 Å². The van der Waals surface area contributed by atoms with Crippen molar-refractivity contribution in [2.75, 3.05) is 5.73 Å². The number of nitrogens with zero attached hydrogens (tertiary/aromatic N) is 2. The molecule has 96 valence electrons. The molecule has 3 nitrogen and oxygen atoms in total. The van der Waals surface area contributed by atoms with Crippen LogP contribution in [0.5, 0.6) is 0 Å². The van der Waals surface area contributed by atoms with E-state index in [0.717, 1.165) is 33.6 Å². The maximum absolute atomic E-state index is 6.08. The van der Waals surface area contributed by atoms with Crippen LogP contribution in [0.1, 0.15) is 18.1 Å². The summed E-state index contributed by atoms with van der Waals surface area (Å²) in [6, 6.07) is 8.13. The predicted octanol–water partition coefficient (Wildman–Crippen LogP) is 3.81. The maximum Gasteiger partial charge on any atom is 0.172 e. The van der Waals surface area contributed by atoms with Crippen LogP contribution in [0, 0.1) is 6.92 Å². The Balaban J connectivity index is 2.29. The van der Waals surface area contributed by atoms with Gasteiger partial charge in [-0.3, -0.25) is 0 Å². The lowest BCUT2D eigenvalue weighted by Crippen LogP contribution is -1.99. The monoisotopic (exact) mass is 269 g/mol. The van der Waals surface area contributed by atoms with Crippen molar-refractivity contribution >= 4 is 28.1 Å². The summed E-state index contributed by atoms with van der Waals surface area (Å²) in [5.41, 5.74) is 9.42. The third kappa shape index (κ3) is 1.98. The Labute approximate surface area is 116 Å². The van der Waals surface area contributed by atoms with Gasteiger partial charge in [0, 0.05) is 5.39 Å². The van der Waals surface area contributed by atoms with Gasteiger partial charge in [-0.1, -0.05) is 19.1 Å². The van der Waals surface area contributed by atoms with Crippen molar-refractivity contribution in [3.05, 3.63) is 40.8 Å². The molecule has 0 amide bonds. The van der Waals surface area contributed by atoms with Crippen molar-refractivity contribution in [3.63, 3.8) is 0 Å². The van der Waals surface area contributed by atoms with Crippen LogP contribution in [0.3, 0.4) is 0 Å². The quantitative estimate of drug-likeness (QED) is 0.769. The molecule has 2 heterocycles. The number of rotatable bonds is 2. The SMILES string of the molecule is CCc1ccsc1-c1nc(N)c2cccc(C)c2n1. The van der Waals surface area contributed by atoms with E-state index in [1.165, 1.54) is 5.56 Å². The topological polar surface area (TPSA) is 51.8 Å². The molecule has 0 unspecified atom stereocenters. The fourth-order valence-electron chi connectivity index (χ4n) is 2.23. The summed E-state index contributed by atoms with van der Waals surface area (Å²) in [5, 5.41) is 3.01. The lowest BCUT2D eigenvalue weighted by atomic mass is 10.1. The van der Waals surface area contributed by atoms with Gasteiger partial charge in [-0.25, -0.2) is 9.97 Å². The van der Waals surface area contributed by atoms with Gasteiger partial charge in [-0.2, -0.15) is 0 Å². The minimum atomic E-state index is 0.555. The first-order valence-corrected chi connectivity index (χ1v) is 7.18. The molecule has 3 aromatic rings. The molecule has 19 heavy (non-hydrogen) atoms. The molecule has 0 saturated carbocycles. The van der Waals surface area contributed by atoms with Crippen molar-refractivity contribution in [2.24, 2.45) is 0 Å². The van der Waals surface area contributed by atoms with Crippen molar-refractivity contribution in [3.8, 4) is 10.7 Å². The van der Waals surface area contributed by atoms with Gasteiger partial charge >= 0.3 is 0 Å². The van der Waals surface area contributed by atoms with Crippen LogP contribution in [0.15, 0.2) is 29.6 Å². The van der Waals surface area contributed by atoms with Crippen LogP contribution < -0.4 is 5.73 Å². The molecule has 4 heteroatoms. The largest absolute Gasteiger partial charge is 0.383 e. The molecule has 0 aliphatic heterocycles. The van der Waals surface area contributed by atoms with E-state index in [-0.39, 0.29) is 0 Å². The third-order valence-corrected chi connectivity index (χ3v) is 4.24. The molecule has 0 radical (unpaired) electrons. The third-order valence-electron chi connectivity index (χ3n) is 3.29. The summed E-state index contributed by atoms with van der Waals surface area (Å²) >= 11 is 1.67. The van der Waals surface area contributed by atoms with E-state index in [1.54, 1.807) is 11.3 Å². The Kier molecular flexibility index (Phi) is 2.95. The van der Waals surface area contributed by atoms with Crippen LogP contribution in [-0.4, -0.2) is 9.97 Å². The predicted molar refractivity (Wildman–Crippen MR) is 81.4 cm³/mol. The van der Waals surface area contributed by atoms with E-state index >= 15 is 0 Å². The van der Waals surface area contributed by atoms with Gasteiger partial charge in [0.15, 0.2) is 5.82 Å². The number of benzene rings is 1. The summed E-state index contributed by atoms with van der Waals surface area (Å²) in [4.78, 5) is 10.3. The van der Waals surface area contributed by atoms with Crippen molar-refractivity contribution in [1.29, 1.82) is 0 Å². The first-order chi connectivity index (χ1) is 9.20. The van der Waals surface area contributed by atoms with Crippen LogP contribution in [-0.2, 0) is 6.42 Å².